The lowest BCUT2D eigenvalue weighted by Crippen LogP contribution is -2.07. The number of aliphatic hydroxyl groups excluding tert-OH is 1. The molecule has 3 nitrogen and oxygen atoms in total. The summed E-state index contributed by atoms with van der Waals surface area (Å²) < 4.78 is 2.13. The third kappa shape index (κ3) is 2.62. The molecule has 2 aromatic rings. The highest BCUT2D eigenvalue weighted by Gasteiger charge is 2.14. The minimum absolute atomic E-state index is 0.480. The van der Waals surface area contributed by atoms with E-state index >= 15 is 0 Å². The molecule has 3 heteroatoms. The van der Waals surface area contributed by atoms with Gasteiger partial charge in [-0.15, -0.1) is 0 Å². The molecule has 1 aromatic carbocycles. The number of aromatic nitrogens is 2. The molecule has 1 heterocycles. The maximum atomic E-state index is 9.80. The molecule has 1 aromatic heterocycles. The van der Waals surface area contributed by atoms with Gasteiger partial charge in [0.2, 0.25) is 0 Å². The summed E-state index contributed by atoms with van der Waals surface area (Å²) >= 11 is 0. The molecule has 0 radical (unpaired) electrons. The van der Waals surface area contributed by atoms with Gasteiger partial charge in [-0.1, -0.05) is 43.7 Å². The molecule has 1 unspecified atom stereocenters. The van der Waals surface area contributed by atoms with Crippen LogP contribution in [0.3, 0.4) is 0 Å². The van der Waals surface area contributed by atoms with Gasteiger partial charge in [0, 0.05) is 12.1 Å². The van der Waals surface area contributed by atoms with E-state index in [1.54, 1.807) is 13.1 Å². The van der Waals surface area contributed by atoms with Crippen molar-refractivity contribution in [3.8, 4) is 11.4 Å². The van der Waals surface area contributed by atoms with E-state index in [0.717, 1.165) is 36.5 Å². The number of nitrogens with zero attached hydrogens (tertiary/aromatic N) is 2. The summed E-state index contributed by atoms with van der Waals surface area (Å²) in [7, 11) is 0. The second-order valence-corrected chi connectivity index (χ2v) is 4.55. The number of rotatable bonds is 5. The van der Waals surface area contributed by atoms with Crippen LogP contribution in [0.2, 0.25) is 0 Å². The van der Waals surface area contributed by atoms with Crippen molar-refractivity contribution >= 4 is 0 Å². The van der Waals surface area contributed by atoms with Crippen LogP contribution in [0, 0.1) is 0 Å². The van der Waals surface area contributed by atoms with Gasteiger partial charge in [-0.25, -0.2) is 4.98 Å². The fourth-order valence-corrected chi connectivity index (χ4v) is 2.09. The van der Waals surface area contributed by atoms with Gasteiger partial charge in [0.1, 0.15) is 5.82 Å². The average molecular weight is 244 g/mol. The molecule has 1 atom stereocenters. The second kappa shape index (κ2) is 5.83. The Kier molecular flexibility index (Phi) is 4.15. The first-order valence-electron chi connectivity index (χ1n) is 6.53. The Morgan fingerprint density at radius 3 is 2.61 bits per heavy atom. The van der Waals surface area contributed by atoms with Crippen LogP contribution in [-0.4, -0.2) is 14.7 Å². The molecule has 0 aliphatic heterocycles. The topological polar surface area (TPSA) is 38.0 Å². The highest BCUT2D eigenvalue weighted by atomic mass is 16.3. The molecule has 1 N–H and O–H groups in total. The van der Waals surface area contributed by atoms with Crippen molar-refractivity contribution in [1.29, 1.82) is 0 Å². The van der Waals surface area contributed by atoms with Crippen LogP contribution in [0.4, 0.5) is 0 Å². The summed E-state index contributed by atoms with van der Waals surface area (Å²) in [6, 6.07) is 10.1. The van der Waals surface area contributed by atoms with Crippen LogP contribution in [0.1, 0.15) is 38.5 Å². The smallest absolute Gasteiger partial charge is 0.140 e. The zero-order valence-corrected chi connectivity index (χ0v) is 11.0. The van der Waals surface area contributed by atoms with Crippen LogP contribution >= 0.6 is 0 Å². The molecule has 0 fully saturated rings. The van der Waals surface area contributed by atoms with E-state index in [4.69, 9.17) is 0 Å². The van der Waals surface area contributed by atoms with Gasteiger partial charge in [-0.2, -0.15) is 0 Å². The van der Waals surface area contributed by atoms with Gasteiger partial charge in [0.15, 0.2) is 0 Å². The molecule has 2 rings (SSSR count). The van der Waals surface area contributed by atoms with Crippen LogP contribution in [0.5, 0.6) is 0 Å². The summed E-state index contributed by atoms with van der Waals surface area (Å²) in [6.07, 6.45) is 3.52. The third-order valence-electron chi connectivity index (χ3n) is 3.08. The monoisotopic (exact) mass is 244 g/mol. The SMILES string of the molecule is CCCCn1c(C(C)O)cnc1-c1ccccc1. The van der Waals surface area contributed by atoms with Crippen molar-refractivity contribution in [3.05, 3.63) is 42.2 Å². The van der Waals surface area contributed by atoms with Crippen molar-refractivity contribution in [2.75, 3.05) is 0 Å². The zero-order chi connectivity index (χ0) is 13.0. The first-order chi connectivity index (χ1) is 8.74. The van der Waals surface area contributed by atoms with Gasteiger partial charge < -0.3 is 9.67 Å². The lowest BCUT2D eigenvalue weighted by atomic mass is 10.2. The van der Waals surface area contributed by atoms with Crippen LogP contribution < -0.4 is 0 Å². The lowest BCUT2D eigenvalue weighted by Gasteiger charge is -2.13. The molecule has 0 spiro atoms. The number of unbranched alkanes of at least 4 members (excludes halogenated alkanes) is 1. The van der Waals surface area contributed by atoms with Crippen molar-refractivity contribution in [2.45, 2.75) is 39.3 Å². The summed E-state index contributed by atoms with van der Waals surface area (Å²) in [5.41, 5.74) is 1.99. The second-order valence-electron chi connectivity index (χ2n) is 4.55. The third-order valence-corrected chi connectivity index (χ3v) is 3.08. The molecule has 0 aliphatic carbocycles. The van der Waals surface area contributed by atoms with Gasteiger partial charge in [-0.05, 0) is 13.3 Å². The van der Waals surface area contributed by atoms with Gasteiger partial charge in [0.25, 0.3) is 0 Å². The zero-order valence-electron chi connectivity index (χ0n) is 11.0. The van der Waals surface area contributed by atoms with Crippen LogP contribution in [-0.2, 0) is 6.54 Å². The van der Waals surface area contributed by atoms with Gasteiger partial charge in [0.05, 0.1) is 18.0 Å². The number of aliphatic hydroxyl groups is 1. The Bertz CT molecular complexity index is 488. The van der Waals surface area contributed by atoms with E-state index < -0.39 is 6.10 Å². The molecular weight excluding hydrogens is 224 g/mol. The molecule has 0 bridgehead atoms. The maximum absolute atomic E-state index is 9.80. The van der Waals surface area contributed by atoms with Crippen molar-refractivity contribution in [2.24, 2.45) is 0 Å². The Balaban J connectivity index is 2.41. The minimum atomic E-state index is -0.480. The van der Waals surface area contributed by atoms with E-state index in [1.807, 2.05) is 18.2 Å². The van der Waals surface area contributed by atoms with E-state index in [1.165, 1.54) is 0 Å². The predicted octanol–water partition coefficient (Wildman–Crippen LogP) is 3.40. The van der Waals surface area contributed by atoms with Gasteiger partial charge >= 0.3 is 0 Å². The number of benzene rings is 1. The van der Waals surface area contributed by atoms with Crippen molar-refractivity contribution in [1.82, 2.24) is 9.55 Å². The molecule has 0 saturated heterocycles. The Morgan fingerprint density at radius 1 is 1.28 bits per heavy atom. The fourth-order valence-electron chi connectivity index (χ4n) is 2.09. The first-order valence-corrected chi connectivity index (χ1v) is 6.53. The Morgan fingerprint density at radius 2 is 2.00 bits per heavy atom. The molecule has 0 saturated carbocycles. The lowest BCUT2D eigenvalue weighted by molar-refractivity contribution is 0.189. The minimum Gasteiger partial charge on any atom is -0.387 e. The Labute approximate surface area is 108 Å². The van der Waals surface area contributed by atoms with E-state index in [2.05, 4.69) is 28.6 Å². The van der Waals surface area contributed by atoms with Crippen LogP contribution in [0.15, 0.2) is 36.5 Å². The summed E-state index contributed by atoms with van der Waals surface area (Å²) in [4.78, 5) is 4.46. The summed E-state index contributed by atoms with van der Waals surface area (Å²) in [5, 5.41) is 9.80. The van der Waals surface area contributed by atoms with Crippen LogP contribution in [0.25, 0.3) is 11.4 Å². The molecule has 0 amide bonds. The summed E-state index contributed by atoms with van der Waals surface area (Å²) in [5.74, 6) is 0.944. The molecular formula is C15H20N2O. The van der Waals surface area contributed by atoms with E-state index in [9.17, 15) is 5.11 Å². The average Bonchev–Trinajstić information content (AvgIpc) is 2.81. The normalized spacial score (nSPS) is 12.6. The van der Waals surface area contributed by atoms with E-state index in [0.29, 0.717) is 0 Å². The number of hydrogen-bond acceptors (Lipinski definition) is 2. The highest BCUT2D eigenvalue weighted by molar-refractivity contribution is 5.56. The molecule has 18 heavy (non-hydrogen) atoms. The van der Waals surface area contributed by atoms with E-state index in [-0.39, 0.29) is 0 Å². The van der Waals surface area contributed by atoms with Crippen molar-refractivity contribution < 1.29 is 5.11 Å². The standard InChI is InChI=1S/C15H20N2O/c1-3-4-10-17-14(12(2)18)11-16-15(17)13-8-6-5-7-9-13/h5-9,11-12,18H,3-4,10H2,1-2H3. The molecule has 0 aliphatic rings. The quantitative estimate of drug-likeness (QED) is 0.875. The highest BCUT2D eigenvalue weighted by Crippen LogP contribution is 2.23. The molecule has 96 valence electrons. The Hall–Kier alpha value is -1.61. The van der Waals surface area contributed by atoms with Gasteiger partial charge in [-0.3, -0.25) is 0 Å². The largest absolute Gasteiger partial charge is 0.387 e. The van der Waals surface area contributed by atoms with Crippen molar-refractivity contribution in [3.63, 3.8) is 0 Å². The number of hydrogen-bond donors (Lipinski definition) is 1. The fraction of sp³-hybridized carbons (Fsp3) is 0.400. The first kappa shape index (κ1) is 12.8. The number of imidazole rings is 1. The predicted molar refractivity (Wildman–Crippen MR) is 73.2 cm³/mol. The summed E-state index contributed by atoms with van der Waals surface area (Å²) in [6.45, 7) is 4.86. The maximum Gasteiger partial charge on any atom is 0.140 e.